The number of anilines is 1. The molecule has 2 N–H and O–H groups in total. The van der Waals surface area contributed by atoms with Crippen LogP contribution in [0.25, 0.3) is 0 Å². The predicted molar refractivity (Wildman–Crippen MR) is 104 cm³/mol. The van der Waals surface area contributed by atoms with Gasteiger partial charge < -0.3 is 15.5 Å². The fraction of sp³-hybridized carbons (Fsp3) is 0.286. The van der Waals surface area contributed by atoms with Crippen molar-refractivity contribution >= 4 is 23.4 Å². The van der Waals surface area contributed by atoms with E-state index in [1.807, 2.05) is 0 Å². The molecule has 31 heavy (non-hydrogen) atoms. The Morgan fingerprint density at radius 3 is 2.45 bits per heavy atom. The van der Waals surface area contributed by atoms with Crippen LogP contribution in [0.15, 0.2) is 42.5 Å². The predicted octanol–water partition coefficient (Wildman–Crippen LogP) is 3.45. The number of hydrogen-bond donors (Lipinski definition) is 2. The highest BCUT2D eigenvalue weighted by atomic mass is 19.4. The molecule has 1 saturated heterocycles. The van der Waals surface area contributed by atoms with Gasteiger partial charge in [0.2, 0.25) is 5.91 Å². The van der Waals surface area contributed by atoms with Crippen LogP contribution in [-0.2, 0) is 11.0 Å². The molecule has 0 aromatic heterocycles. The second-order valence-electron chi connectivity index (χ2n) is 7.53. The zero-order chi connectivity index (χ0) is 23.0. The Hall–Kier alpha value is -3.43. The summed E-state index contributed by atoms with van der Waals surface area (Å²) >= 11 is 0. The molecule has 10 heteroatoms. The number of amides is 3. The van der Waals surface area contributed by atoms with Crippen molar-refractivity contribution < 1.29 is 31.9 Å². The van der Waals surface area contributed by atoms with Gasteiger partial charge in [0.25, 0.3) is 11.8 Å². The van der Waals surface area contributed by atoms with Crippen LogP contribution in [-0.4, -0.2) is 41.2 Å². The van der Waals surface area contributed by atoms with Gasteiger partial charge in [0.15, 0.2) is 0 Å². The summed E-state index contributed by atoms with van der Waals surface area (Å²) in [6.45, 7) is 3.24. The minimum Gasteiger partial charge on any atom is -0.352 e. The fourth-order valence-corrected chi connectivity index (χ4v) is 3.23. The molecule has 6 nitrogen and oxygen atoms in total. The molecule has 1 aliphatic heterocycles. The first-order chi connectivity index (χ1) is 14.4. The SMILES string of the molecule is CC1(C)C(=O)NCCN1C(=O)c1cc(NC(=O)c2cccc(F)c2)cc(C(F)(F)F)c1. The maximum atomic E-state index is 13.4. The van der Waals surface area contributed by atoms with E-state index in [1.54, 1.807) is 0 Å². The molecule has 2 aromatic rings. The Balaban J connectivity index is 1.98. The summed E-state index contributed by atoms with van der Waals surface area (Å²) in [4.78, 5) is 38.7. The Bertz CT molecular complexity index is 1050. The molecular weight excluding hydrogens is 418 g/mol. The molecule has 0 saturated carbocycles. The van der Waals surface area contributed by atoms with Crippen LogP contribution in [0.2, 0.25) is 0 Å². The number of benzene rings is 2. The van der Waals surface area contributed by atoms with Crippen molar-refractivity contribution in [2.75, 3.05) is 18.4 Å². The summed E-state index contributed by atoms with van der Waals surface area (Å²) < 4.78 is 53.6. The highest BCUT2D eigenvalue weighted by Gasteiger charge is 2.41. The molecular formula is C21H19F4N3O3. The van der Waals surface area contributed by atoms with Crippen molar-refractivity contribution in [2.24, 2.45) is 0 Å². The van der Waals surface area contributed by atoms with Crippen LogP contribution < -0.4 is 10.6 Å². The van der Waals surface area contributed by atoms with Crippen LogP contribution in [0.1, 0.15) is 40.1 Å². The maximum Gasteiger partial charge on any atom is 0.416 e. The van der Waals surface area contributed by atoms with Gasteiger partial charge in [-0.1, -0.05) is 6.07 Å². The van der Waals surface area contributed by atoms with Gasteiger partial charge in [-0.25, -0.2) is 4.39 Å². The third kappa shape index (κ3) is 4.68. The van der Waals surface area contributed by atoms with Crippen LogP contribution in [0.5, 0.6) is 0 Å². The van der Waals surface area contributed by atoms with Crippen molar-refractivity contribution in [3.05, 3.63) is 65.0 Å². The number of rotatable bonds is 3. The van der Waals surface area contributed by atoms with Gasteiger partial charge in [-0.2, -0.15) is 13.2 Å². The highest BCUT2D eigenvalue weighted by molar-refractivity contribution is 6.05. The summed E-state index contributed by atoms with van der Waals surface area (Å²) in [5.41, 5.74) is -3.14. The number of carbonyl (C=O) groups excluding carboxylic acids is 3. The molecule has 0 radical (unpaired) electrons. The molecule has 1 aliphatic rings. The standard InChI is InChI=1S/C21H19F4N3O3/c1-20(2)19(31)26-6-7-28(20)18(30)13-8-14(21(23,24)25)11-16(10-13)27-17(29)12-4-3-5-15(22)9-12/h3-5,8-11H,6-7H2,1-2H3,(H,26,31)(H,27,29). The van der Waals surface area contributed by atoms with E-state index in [9.17, 15) is 31.9 Å². The van der Waals surface area contributed by atoms with Crippen molar-refractivity contribution in [3.63, 3.8) is 0 Å². The number of nitrogens with one attached hydrogen (secondary N) is 2. The van der Waals surface area contributed by atoms with Crippen LogP contribution in [0.3, 0.4) is 0 Å². The normalized spacial score (nSPS) is 15.9. The van der Waals surface area contributed by atoms with E-state index in [-0.39, 0.29) is 29.9 Å². The van der Waals surface area contributed by atoms with Gasteiger partial charge in [0.05, 0.1) is 5.56 Å². The molecule has 1 fully saturated rings. The Morgan fingerprint density at radius 2 is 1.81 bits per heavy atom. The zero-order valence-corrected chi connectivity index (χ0v) is 16.6. The zero-order valence-electron chi connectivity index (χ0n) is 16.6. The lowest BCUT2D eigenvalue weighted by Gasteiger charge is -2.41. The van der Waals surface area contributed by atoms with Crippen LogP contribution in [0, 0.1) is 5.82 Å². The van der Waals surface area contributed by atoms with E-state index in [1.165, 1.54) is 30.9 Å². The topological polar surface area (TPSA) is 78.5 Å². The Morgan fingerprint density at radius 1 is 1.10 bits per heavy atom. The largest absolute Gasteiger partial charge is 0.416 e. The smallest absolute Gasteiger partial charge is 0.352 e. The Kier molecular flexibility index (Phi) is 5.75. The van der Waals surface area contributed by atoms with E-state index in [0.29, 0.717) is 12.1 Å². The lowest BCUT2D eigenvalue weighted by atomic mass is 9.97. The molecule has 1 heterocycles. The monoisotopic (exact) mass is 437 g/mol. The van der Waals surface area contributed by atoms with Crippen molar-refractivity contribution in [2.45, 2.75) is 25.6 Å². The maximum absolute atomic E-state index is 13.4. The van der Waals surface area contributed by atoms with E-state index in [2.05, 4.69) is 10.6 Å². The molecule has 3 amide bonds. The van der Waals surface area contributed by atoms with E-state index >= 15 is 0 Å². The quantitative estimate of drug-likeness (QED) is 0.723. The fourth-order valence-electron chi connectivity index (χ4n) is 3.23. The molecule has 3 rings (SSSR count). The number of nitrogens with zero attached hydrogens (tertiary/aromatic N) is 1. The van der Waals surface area contributed by atoms with Crippen LogP contribution in [0.4, 0.5) is 23.2 Å². The van der Waals surface area contributed by atoms with Gasteiger partial charge in [0, 0.05) is 29.9 Å². The first-order valence-electron chi connectivity index (χ1n) is 9.29. The molecule has 0 spiro atoms. The van der Waals surface area contributed by atoms with E-state index in [0.717, 1.165) is 18.2 Å². The molecule has 0 atom stereocenters. The van der Waals surface area contributed by atoms with Crippen molar-refractivity contribution in [1.82, 2.24) is 10.2 Å². The second kappa shape index (κ2) is 8.01. The minimum atomic E-state index is -4.79. The van der Waals surface area contributed by atoms with E-state index in [4.69, 9.17) is 0 Å². The average Bonchev–Trinajstić information content (AvgIpc) is 2.68. The molecule has 0 bridgehead atoms. The highest BCUT2D eigenvalue weighted by Crippen LogP contribution is 2.33. The number of carbonyl (C=O) groups is 3. The van der Waals surface area contributed by atoms with Crippen molar-refractivity contribution in [1.29, 1.82) is 0 Å². The second-order valence-corrected chi connectivity index (χ2v) is 7.53. The third-order valence-corrected chi connectivity index (χ3v) is 4.95. The summed E-state index contributed by atoms with van der Waals surface area (Å²) in [5.74, 6) is -2.74. The lowest BCUT2D eigenvalue weighted by Crippen LogP contribution is -2.63. The summed E-state index contributed by atoms with van der Waals surface area (Å²) in [7, 11) is 0. The number of alkyl halides is 3. The average molecular weight is 437 g/mol. The van der Waals surface area contributed by atoms with Gasteiger partial charge in [-0.05, 0) is 50.2 Å². The number of halogens is 4. The van der Waals surface area contributed by atoms with Gasteiger partial charge in [0.1, 0.15) is 11.4 Å². The molecule has 2 aromatic carbocycles. The number of hydrogen-bond acceptors (Lipinski definition) is 3. The molecule has 164 valence electrons. The van der Waals surface area contributed by atoms with Gasteiger partial charge in [-0.15, -0.1) is 0 Å². The first kappa shape index (κ1) is 22.3. The molecule has 0 unspecified atom stereocenters. The summed E-state index contributed by atoms with van der Waals surface area (Å²) in [6, 6.07) is 7.09. The van der Waals surface area contributed by atoms with E-state index < -0.39 is 40.8 Å². The third-order valence-electron chi connectivity index (χ3n) is 4.95. The first-order valence-corrected chi connectivity index (χ1v) is 9.29. The van der Waals surface area contributed by atoms with Crippen molar-refractivity contribution in [3.8, 4) is 0 Å². The molecule has 0 aliphatic carbocycles. The number of piperazine rings is 1. The van der Waals surface area contributed by atoms with Crippen LogP contribution >= 0.6 is 0 Å². The Labute approximate surface area is 175 Å². The lowest BCUT2D eigenvalue weighted by molar-refractivity contribution is -0.137. The minimum absolute atomic E-state index is 0.0980. The van der Waals surface area contributed by atoms with Gasteiger partial charge >= 0.3 is 6.18 Å². The summed E-state index contributed by atoms with van der Waals surface area (Å²) in [5, 5.41) is 4.87. The van der Waals surface area contributed by atoms with Gasteiger partial charge in [-0.3, -0.25) is 14.4 Å². The summed E-state index contributed by atoms with van der Waals surface area (Å²) in [6.07, 6.45) is -4.79.